The van der Waals surface area contributed by atoms with Crippen LogP contribution in [0.25, 0.3) is 0 Å². The molecule has 0 aromatic carbocycles. The van der Waals surface area contributed by atoms with E-state index in [1.807, 2.05) is 11.8 Å². The molecule has 2 rings (SSSR count). The number of nitrogens with one attached hydrogen (secondary N) is 1. The Morgan fingerprint density at radius 1 is 1.63 bits per heavy atom. The maximum atomic E-state index is 11.5. The molecule has 5 nitrogen and oxygen atoms in total. The van der Waals surface area contributed by atoms with Crippen LogP contribution in [0.3, 0.4) is 0 Å². The van der Waals surface area contributed by atoms with Crippen LogP contribution >= 0.6 is 11.8 Å². The van der Waals surface area contributed by atoms with Crippen molar-refractivity contribution in [2.75, 3.05) is 31.0 Å². The van der Waals surface area contributed by atoms with Crippen LogP contribution in [0.4, 0.5) is 11.5 Å². The van der Waals surface area contributed by atoms with E-state index in [0.717, 1.165) is 6.54 Å². The number of nitrogens with two attached hydrogens (primary N) is 1. The van der Waals surface area contributed by atoms with Gasteiger partial charge in [0.15, 0.2) is 0 Å². The van der Waals surface area contributed by atoms with Crippen molar-refractivity contribution in [3.8, 4) is 0 Å². The molecule has 1 saturated carbocycles. The number of anilines is 2. The molecule has 0 amide bonds. The lowest BCUT2D eigenvalue weighted by Crippen LogP contribution is -2.40. The monoisotopic (exact) mass is 281 g/mol. The van der Waals surface area contributed by atoms with E-state index >= 15 is 0 Å². The number of thioether (sulfide) groups is 1. The van der Waals surface area contributed by atoms with E-state index < -0.39 is 5.97 Å². The van der Waals surface area contributed by atoms with Gasteiger partial charge in [-0.1, -0.05) is 6.42 Å². The molecule has 0 unspecified atom stereocenters. The minimum Gasteiger partial charge on any atom is -0.465 e. The summed E-state index contributed by atoms with van der Waals surface area (Å²) in [4.78, 5) is 15.7. The van der Waals surface area contributed by atoms with Gasteiger partial charge in [0.25, 0.3) is 0 Å². The summed E-state index contributed by atoms with van der Waals surface area (Å²) in [6.07, 6.45) is 7.38. The lowest BCUT2D eigenvalue weighted by Gasteiger charge is -2.40. The van der Waals surface area contributed by atoms with Gasteiger partial charge in [-0.3, -0.25) is 0 Å². The third-order valence-corrected chi connectivity index (χ3v) is 5.09. The topological polar surface area (TPSA) is 77.2 Å². The minimum absolute atomic E-state index is 0.287. The number of hydrogen-bond acceptors (Lipinski definition) is 6. The molecule has 6 heteroatoms. The molecule has 3 N–H and O–H groups in total. The maximum Gasteiger partial charge on any atom is 0.340 e. The third kappa shape index (κ3) is 2.78. The summed E-state index contributed by atoms with van der Waals surface area (Å²) in [5, 5.41) is 3.26. The fourth-order valence-electron chi connectivity index (χ4n) is 2.17. The molecule has 1 aliphatic carbocycles. The van der Waals surface area contributed by atoms with E-state index in [2.05, 4.69) is 16.6 Å². The highest BCUT2D eigenvalue weighted by atomic mass is 32.2. The number of aromatic nitrogens is 1. The molecule has 0 atom stereocenters. The van der Waals surface area contributed by atoms with Crippen LogP contribution in [0.5, 0.6) is 0 Å². The molecule has 0 spiro atoms. The largest absolute Gasteiger partial charge is 0.465 e. The van der Waals surface area contributed by atoms with E-state index in [9.17, 15) is 4.79 Å². The Labute approximate surface area is 117 Å². The minimum atomic E-state index is -0.439. The Morgan fingerprint density at radius 2 is 2.37 bits per heavy atom. The second-order valence-corrected chi connectivity index (χ2v) is 5.98. The highest BCUT2D eigenvalue weighted by Gasteiger charge is 2.36. The van der Waals surface area contributed by atoms with Gasteiger partial charge in [-0.25, -0.2) is 9.78 Å². The Kier molecular flexibility index (Phi) is 4.19. The van der Waals surface area contributed by atoms with Gasteiger partial charge in [-0.05, 0) is 25.2 Å². The van der Waals surface area contributed by atoms with E-state index in [4.69, 9.17) is 10.5 Å². The van der Waals surface area contributed by atoms with Gasteiger partial charge in [-0.2, -0.15) is 11.8 Å². The van der Waals surface area contributed by atoms with Crippen molar-refractivity contribution < 1.29 is 9.53 Å². The number of esters is 1. The van der Waals surface area contributed by atoms with Crippen LogP contribution in [0.1, 0.15) is 29.6 Å². The number of methoxy groups -OCH3 is 1. The fraction of sp³-hybridized carbons (Fsp3) is 0.538. The van der Waals surface area contributed by atoms with Gasteiger partial charge in [0, 0.05) is 17.5 Å². The summed E-state index contributed by atoms with van der Waals surface area (Å²) in [7, 11) is 1.34. The Bertz CT molecular complexity index is 469. The normalized spacial score (nSPS) is 16.5. The van der Waals surface area contributed by atoms with Crippen molar-refractivity contribution in [1.29, 1.82) is 0 Å². The number of nitrogens with zero attached hydrogens (tertiary/aromatic N) is 1. The summed E-state index contributed by atoms with van der Waals surface area (Å²) in [5.74, 6) is 0.120. The van der Waals surface area contributed by atoms with Crippen molar-refractivity contribution in [3.05, 3.63) is 17.8 Å². The molecule has 0 radical (unpaired) electrons. The molecular formula is C13H19N3O2S. The first kappa shape index (κ1) is 14.0. The zero-order valence-electron chi connectivity index (χ0n) is 11.2. The predicted octanol–water partition coefficient (Wildman–Crippen LogP) is 2.15. The smallest absolute Gasteiger partial charge is 0.340 e. The Morgan fingerprint density at radius 3 is 2.89 bits per heavy atom. The van der Waals surface area contributed by atoms with Gasteiger partial charge in [0.1, 0.15) is 5.82 Å². The molecule has 0 bridgehead atoms. The van der Waals surface area contributed by atoms with Crippen molar-refractivity contribution in [2.45, 2.75) is 24.0 Å². The number of carbonyl (C=O) groups excluding carboxylic acids is 1. The summed E-state index contributed by atoms with van der Waals surface area (Å²) in [6, 6.07) is 1.57. The van der Waals surface area contributed by atoms with Gasteiger partial charge in [-0.15, -0.1) is 0 Å². The highest BCUT2D eigenvalue weighted by Crippen LogP contribution is 2.42. The summed E-state index contributed by atoms with van der Waals surface area (Å²) in [6.45, 7) is 0.815. The van der Waals surface area contributed by atoms with Crippen molar-refractivity contribution in [1.82, 2.24) is 4.98 Å². The predicted molar refractivity (Wildman–Crippen MR) is 78.6 cm³/mol. The maximum absolute atomic E-state index is 11.5. The molecule has 1 fully saturated rings. The highest BCUT2D eigenvalue weighted by molar-refractivity contribution is 8.00. The van der Waals surface area contributed by atoms with E-state index in [0.29, 0.717) is 17.1 Å². The second-order valence-electron chi connectivity index (χ2n) is 4.71. The fourth-order valence-corrected chi connectivity index (χ4v) is 3.08. The number of hydrogen-bond donors (Lipinski definition) is 2. The summed E-state index contributed by atoms with van der Waals surface area (Å²) in [5.41, 5.74) is 6.66. The average molecular weight is 281 g/mol. The Balaban J connectivity index is 2.10. The first-order valence-electron chi connectivity index (χ1n) is 6.24. The van der Waals surface area contributed by atoms with Crippen LogP contribution in [0.2, 0.25) is 0 Å². The molecule has 0 aliphatic heterocycles. The van der Waals surface area contributed by atoms with Crippen LogP contribution in [0, 0.1) is 0 Å². The van der Waals surface area contributed by atoms with Crippen LogP contribution in [-0.4, -0.2) is 35.6 Å². The van der Waals surface area contributed by atoms with Gasteiger partial charge in [0.2, 0.25) is 0 Å². The van der Waals surface area contributed by atoms with Gasteiger partial charge >= 0.3 is 5.97 Å². The van der Waals surface area contributed by atoms with E-state index in [-0.39, 0.29) is 4.75 Å². The van der Waals surface area contributed by atoms with Crippen LogP contribution in [-0.2, 0) is 4.74 Å². The number of rotatable bonds is 5. The van der Waals surface area contributed by atoms with Crippen molar-refractivity contribution in [2.24, 2.45) is 0 Å². The van der Waals surface area contributed by atoms with Crippen LogP contribution in [0.15, 0.2) is 12.3 Å². The quantitative estimate of drug-likeness (QED) is 0.805. The van der Waals surface area contributed by atoms with Crippen molar-refractivity contribution >= 4 is 29.2 Å². The molecular weight excluding hydrogens is 262 g/mol. The first-order valence-corrected chi connectivity index (χ1v) is 7.46. The van der Waals surface area contributed by atoms with Gasteiger partial charge in [0.05, 0.1) is 18.4 Å². The molecule has 19 heavy (non-hydrogen) atoms. The lowest BCUT2D eigenvalue weighted by molar-refractivity contribution is 0.0602. The Hall–Kier alpha value is -1.43. The molecule has 1 heterocycles. The third-order valence-electron chi connectivity index (χ3n) is 3.67. The number of nitrogen functional groups attached to an aromatic ring is 1. The van der Waals surface area contributed by atoms with E-state index in [1.54, 1.807) is 12.3 Å². The molecule has 1 aromatic rings. The zero-order chi connectivity index (χ0) is 13.9. The number of ether oxygens (including phenoxy) is 1. The van der Waals surface area contributed by atoms with E-state index in [1.165, 1.54) is 26.4 Å². The first-order chi connectivity index (χ1) is 9.12. The molecule has 1 aromatic heterocycles. The standard InChI is InChI=1S/C13H19N3O2S/c1-18-12(17)9-4-7-15-11(10(9)14)16-8-13(19-2)5-3-6-13/h4,7H,3,5-6,8,14H2,1-2H3,(H,15,16). The average Bonchev–Trinajstić information content (AvgIpc) is 2.39. The SMILES string of the molecule is COC(=O)c1ccnc(NCC2(SC)CCC2)c1N. The van der Waals surface area contributed by atoms with Gasteiger partial charge < -0.3 is 15.8 Å². The van der Waals surface area contributed by atoms with Crippen molar-refractivity contribution in [3.63, 3.8) is 0 Å². The number of pyridine rings is 1. The summed E-state index contributed by atoms with van der Waals surface area (Å²) < 4.78 is 4.98. The lowest BCUT2D eigenvalue weighted by atomic mass is 9.84. The van der Waals surface area contributed by atoms with Crippen LogP contribution < -0.4 is 11.1 Å². The molecule has 0 saturated heterocycles. The zero-order valence-corrected chi connectivity index (χ0v) is 12.0. The molecule has 1 aliphatic rings. The second kappa shape index (κ2) is 5.69. The molecule has 104 valence electrons. The number of carbonyl (C=O) groups is 1. The summed E-state index contributed by atoms with van der Waals surface area (Å²) >= 11 is 1.88.